The molecule has 0 atom stereocenters. The molecule has 1 aromatic rings. The van der Waals surface area contributed by atoms with Crippen LogP contribution in [0, 0.1) is 6.92 Å². The van der Waals surface area contributed by atoms with Crippen molar-refractivity contribution in [3.63, 3.8) is 0 Å². The molecule has 0 fully saturated rings. The van der Waals surface area contributed by atoms with Crippen molar-refractivity contribution in [2.24, 2.45) is 0 Å². The summed E-state index contributed by atoms with van der Waals surface area (Å²) in [7, 11) is 1.73. The molecular weight excluding hydrogens is 142 g/mol. The van der Waals surface area contributed by atoms with Crippen LogP contribution < -0.4 is 16.8 Å². The molecule has 0 radical (unpaired) electrons. The predicted octanol–water partition coefficient (Wildman–Crippen LogP) is -0.00888. The summed E-state index contributed by atoms with van der Waals surface area (Å²) in [6, 6.07) is 0. The highest BCUT2D eigenvalue weighted by atomic mass is 15.1. The number of aryl methyl sites for hydroxylation is 1. The van der Waals surface area contributed by atoms with Gasteiger partial charge in [0.25, 0.3) is 0 Å². The highest BCUT2D eigenvalue weighted by Crippen LogP contribution is 2.15. The van der Waals surface area contributed by atoms with E-state index in [0.717, 1.165) is 0 Å². The SMILES string of the molecule is CNc1nc(C)c(N)nc1N. The van der Waals surface area contributed by atoms with Crippen LogP contribution in [0.15, 0.2) is 0 Å². The molecule has 5 heteroatoms. The maximum absolute atomic E-state index is 5.48. The van der Waals surface area contributed by atoms with Crippen LogP contribution in [0.3, 0.4) is 0 Å². The Morgan fingerprint density at radius 3 is 2.36 bits per heavy atom. The summed E-state index contributed by atoms with van der Waals surface area (Å²) in [6.07, 6.45) is 0. The summed E-state index contributed by atoms with van der Waals surface area (Å²) < 4.78 is 0. The zero-order valence-electron chi connectivity index (χ0n) is 6.55. The lowest BCUT2D eigenvalue weighted by Crippen LogP contribution is -2.06. The molecule has 1 aromatic heterocycles. The fourth-order valence-electron chi connectivity index (χ4n) is 0.730. The molecule has 5 nitrogen and oxygen atoms in total. The van der Waals surface area contributed by atoms with Crippen molar-refractivity contribution in [3.8, 4) is 0 Å². The number of nitrogens with two attached hydrogens (primary N) is 2. The van der Waals surface area contributed by atoms with Crippen LogP contribution in [0.25, 0.3) is 0 Å². The second-order valence-electron chi connectivity index (χ2n) is 2.18. The summed E-state index contributed by atoms with van der Waals surface area (Å²) in [5, 5.41) is 2.81. The maximum Gasteiger partial charge on any atom is 0.169 e. The average Bonchev–Trinajstić information content (AvgIpc) is 1.97. The molecule has 0 aliphatic carbocycles. The number of rotatable bonds is 1. The third kappa shape index (κ3) is 1.31. The van der Waals surface area contributed by atoms with Crippen molar-refractivity contribution >= 4 is 17.5 Å². The van der Waals surface area contributed by atoms with Gasteiger partial charge >= 0.3 is 0 Å². The molecule has 1 rings (SSSR count). The zero-order chi connectivity index (χ0) is 8.43. The van der Waals surface area contributed by atoms with Crippen LogP contribution in [0.2, 0.25) is 0 Å². The quantitative estimate of drug-likeness (QED) is 0.528. The highest BCUT2D eigenvalue weighted by Gasteiger charge is 2.03. The molecule has 0 aliphatic heterocycles. The Morgan fingerprint density at radius 1 is 1.18 bits per heavy atom. The van der Waals surface area contributed by atoms with Gasteiger partial charge < -0.3 is 16.8 Å². The van der Waals surface area contributed by atoms with E-state index in [2.05, 4.69) is 15.3 Å². The molecule has 0 saturated carbocycles. The third-order valence-corrected chi connectivity index (χ3v) is 1.37. The molecule has 5 N–H and O–H groups in total. The van der Waals surface area contributed by atoms with Crippen molar-refractivity contribution in [2.75, 3.05) is 23.8 Å². The van der Waals surface area contributed by atoms with E-state index in [4.69, 9.17) is 11.5 Å². The Balaban J connectivity index is 3.21. The van der Waals surface area contributed by atoms with Gasteiger partial charge in [-0.25, -0.2) is 9.97 Å². The number of anilines is 3. The molecule has 0 unspecified atom stereocenters. The smallest absolute Gasteiger partial charge is 0.169 e. The minimum atomic E-state index is 0.329. The van der Waals surface area contributed by atoms with E-state index >= 15 is 0 Å². The first kappa shape index (κ1) is 7.59. The Hall–Kier alpha value is -1.52. The molecule has 0 saturated heterocycles. The Kier molecular flexibility index (Phi) is 1.80. The van der Waals surface area contributed by atoms with Crippen LogP contribution in [-0.2, 0) is 0 Å². The van der Waals surface area contributed by atoms with E-state index in [-0.39, 0.29) is 0 Å². The van der Waals surface area contributed by atoms with Gasteiger partial charge in [-0.2, -0.15) is 0 Å². The van der Waals surface area contributed by atoms with Crippen molar-refractivity contribution in [1.29, 1.82) is 0 Å². The molecular formula is C6H11N5. The molecule has 11 heavy (non-hydrogen) atoms. The van der Waals surface area contributed by atoms with Crippen molar-refractivity contribution in [1.82, 2.24) is 9.97 Å². The molecule has 1 heterocycles. The van der Waals surface area contributed by atoms with Gasteiger partial charge in [0.2, 0.25) is 0 Å². The molecule has 0 spiro atoms. The van der Waals surface area contributed by atoms with Crippen LogP contribution in [-0.4, -0.2) is 17.0 Å². The molecule has 0 aliphatic rings. The van der Waals surface area contributed by atoms with Gasteiger partial charge in [0, 0.05) is 7.05 Å². The minimum absolute atomic E-state index is 0.329. The summed E-state index contributed by atoms with van der Waals surface area (Å²) in [5.74, 6) is 1.27. The van der Waals surface area contributed by atoms with Gasteiger partial charge in [0.15, 0.2) is 11.6 Å². The van der Waals surface area contributed by atoms with Crippen molar-refractivity contribution in [2.45, 2.75) is 6.92 Å². The summed E-state index contributed by atoms with van der Waals surface area (Å²) in [5.41, 5.74) is 11.6. The van der Waals surface area contributed by atoms with Crippen molar-refractivity contribution < 1.29 is 0 Å². The first-order valence-corrected chi connectivity index (χ1v) is 3.22. The van der Waals surface area contributed by atoms with Gasteiger partial charge in [-0.3, -0.25) is 0 Å². The molecule has 0 aromatic carbocycles. The monoisotopic (exact) mass is 153 g/mol. The topological polar surface area (TPSA) is 89.8 Å². The number of nitrogens with one attached hydrogen (secondary N) is 1. The molecule has 0 bridgehead atoms. The minimum Gasteiger partial charge on any atom is -0.382 e. The summed E-state index contributed by atoms with van der Waals surface area (Å²) >= 11 is 0. The van der Waals surface area contributed by atoms with E-state index in [1.807, 2.05) is 0 Å². The first-order valence-electron chi connectivity index (χ1n) is 3.22. The number of nitrogen functional groups attached to an aromatic ring is 2. The predicted molar refractivity (Wildman–Crippen MR) is 45.1 cm³/mol. The Morgan fingerprint density at radius 2 is 1.82 bits per heavy atom. The van der Waals surface area contributed by atoms with Crippen molar-refractivity contribution in [3.05, 3.63) is 5.69 Å². The largest absolute Gasteiger partial charge is 0.382 e. The van der Waals surface area contributed by atoms with E-state index in [9.17, 15) is 0 Å². The van der Waals surface area contributed by atoms with Gasteiger partial charge in [-0.05, 0) is 6.92 Å². The highest BCUT2D eigenvalue weighted by molar-refractivity contribution is 5.59. The lowest BCUT2D eigenvalue weighted by Gasteiger charge is -2.05. The van der Waals surface area contributed by atoms with Crippen LogP contribution in [0.1, 0.15) is 5.69 Å². The summed E-state index contributed by atoms with van der Waals surface area (Å²) in [6.45, 7) is 1.78. The van der Waals surface area contributed by atoms with Gasteiger partial charge in [-0.15, -0.1) is 0 Å². The first-order chi connectivity index (χ1) is 5.15. The zero-order valence-corrected chi connectivity index (χ0v) is 6.55. The fraction of sp³-hybridized carbons (Fsp3) is 0.333. The Bertz CT molecular complexity index is 270. The normalized spacial score (nSPS) is 9.64. The summed E-state index contributed by atoms with van der Waals surface area (Å²) in [4.78, 5) is 7.94. The van der Waals surface area contributed by atoms with Gasteiger partial charge in [0.05, 0.1) is 5.69 Å². The number of aromatic nitrogens is 2. The average molecular weight is 153 g/mol. The van der Waals surface area contributed by atoms with Gasteiger partial charge in [0.1, 0.15) is 5.82 Å². The number of hydrogen-bond acceptors (Lipinski definition) is 5. The van der Waals surface area contributed by atoms with Crippen LogP contribution in [0.5, 0.6) is 0 Å². The Labute approximate surface area is 64.8 Å². The van der Waals surface area contributed by atoms with E-state index < -0.39 is 0 Å². The number of hydrogen-bond donors (Lipinski definition) is 3. The van der Waals surface area contributed by atoms with E-state index in [1.165, 1.54) is 0 Å². The third-order valence-electron chi connectivity index (χ3n) is 1.37. The standard InChI is InChI=1S/C6H11N5/c1-3-4(7)11-5(8)6(9-2)10-3/h1-2H3,(H,9,10)(H4,7,8,11). The molecule has 0 amide bonds. The molecule has 60 valence electrons. The van der Waals surface area contributed by atoms with E-state index in [0.29, 0.717) is 23.1 Å². The maximum atomic E-state index is 5.48. The van der Waals surface area contributed by atoms with Crippen LogP contribution >= 0.6 is 0 Å². The second-order valence-corrected chi connectivity index (χ2v) is 2.18. The van der Waals surface area contributed by atoms with Gasteiger partial charge in [-0.1, -0.05) is 0 Å². The number of nitrogens with zero attached hydrogens (tertiary/aromatic N) is 2. The fourth-order valence-corrected chi connectivity index (χ4v) is 0.730. The lowest BCUT2D eigenvalue weighted by atomic mass is 10.4. The second kappa shape index (κ2) is 2.61. The lowest BCUT2D eigenvalue weighted by molar-refractivity contribution is 1.13. The van der Waals surface area contributed by atoms with E-state index in [1.54, 1.807) is 14.0 Å². The van der Waals surface area contributed by atoms with Crippen LogP contribution in [0.4, 0.5) is 17.5 Å².